The summed E-state index contributed by atoms with van der Waals surface area (Å²) >= 11 is 0. The highest BCUT2D eigenvalue weighted by molar-refractivity contribution is 7.52. The van der Waals surface area contributed by atoms with E-state index in [0.29, 0.717) is 41.8 Å². The summed E-state index contributed by atoms with van der Waals surface area (Å²) < 4.78 is 11.8. The number of rotatable bonds is 6. The van der Waals surface area contributed by atoms with Crippen molar-refractivity contribution in [2.45, 2.75) is 100.0 Å². The van der Waals surface area contributed by atoms with E-state index in [9.17, 15) is 28.7 Å². The van der Waals surface area contributed by atoms with Crippen LogP contribution in [0.15, 0.2) is 66.7 Å². The maximum absolute atomic E-state index is 14.3. The van der Waals surface area contributed by atoms with Crippen LogP contribution in [0.25, 0.3) is 10.8 Å². The Morgan fingerprint density at radius 1 is 0.935 bits per heavy atom. The maximum atomic E-state index is 14.3. The van der Waals surface area contributed by atoms with Crippen molar-refractivity contribution in [3.05, 3.63) is 83.4 Å². The molecule has 5 atom stereocenters. The van der Waals surface area contributed by atoms with Crippen LogP contribution in [0.2, 0.25) is 0 Å². The van der Waals surface area contributed by atoms with Crippen LogP contribution in [0.4, 0.5) is 0 Å². The van der Waals surface area contributed by atoms with Crippen molar-refractivity contribution in [2.24, 2.45) is 0 Å². The summed E-state index contributed by atoms with van der Waals surface area (Å²) in [5.41, 5.74) is 1.07. The second-order valence-electron chi connectivity index (χ2n) is 13.9. The first-order valence-electron chi connectivity index (χ1n) is 16.6. The number of likely N-dealkylation sites (tertiary alicyclic amines) is 1. The van der Waals surface area contributed by atoms with E-state index in [0.717, 1.165) is 50.3 Å². The summed E-state index contributed by atoms with van der Waals surface area (Å²) in [6.07, 6.45) is 7.56. The minimum absolute atomic E-state index is 0.000989. The van der Waals surface area contributed by atoms with Gasteiger partial charge in [-0.15, -0.1) is 0 Å². The Kier molecular flexibility index (Phi) is 8.07. The van der Waals surface area contributed by atoms with Gasteiger partial charge in [-0.1, -0.05) is 67.4 Å². The summed E-state index contributed by atoms with van der Waals surface area (Å²) in [5, 5.41) is 4.53. The largest absolute Gasteiger partial charge is 0.340 e. The average Bonchev–Trinajstić information content (AvgIpc) is 3.54. The average molecular weight is 644 g/mol. The van der Waals surface area contributed by atoms with Gasteiger partial charge in [0.2, 0.25) is 11.8 Å². The lowest BCUT2D eigenvalue weighted by atomic mass is 9.96. The Morgan fingerprint density at radius 3 is 2.41 bits per heavy atom. The third kappa shape index (κ3) is 5.78. The monoisotopic (exact) mass is 643 g/mol. The fourth-order valence-electron chi connectivity index (χ4n) is 8.13. The highest BCUT2D eigenvalue weighted by Crippen LogP contribution is 2.55. The van der Waals surface area contributed by atoms with E-state index in [2.05, 4.69) is 34.5 Å². The predicted molar refractivity (Wildman–Crippen MR) is 175 cm³/mol. The zero-order valence-corrected chi connectivity index (χ0v) is 27.1. The van der Waals surface area contributed by atoms with Crippen LogP contribution in [0, 0.1) is 0 Å². The van der Waals surface area contributed by atoms with E-state index in [1.165, 1.54) is 12.5 Å². The van der Waals surface area contributed by atoms with Crippen molar-refractivity contribution in [3.63, 3.8) is 0 Å². The quantitative estimate of drug-likeness (QED) is 0.298. The lowest BCUT2D eigenvalue weighted by molar-refractivity contribution is -0.148. The first-order chi connectivity index (χ1) is 22.0. The van der Waals surface area contributed by atoms with Crippen LogP contribution in [-0.2, 0) is 14.2 Å². The molecule has 9 nitrogen and oxygen atoms in total. The molecular formula is C36H42N3O6P. The van der Waals surface area contributed by atoms with Crippen LogP contribution in [0.1, 0.15) is 97.8 Å². The van der Waals surface area contributed by atoms with Gasteiger partial charge in [0.1, 0.15) is 12.1 Å². The number of hydrogen-bond acceptors (Lipinski definition) is 4. The van der Waals surface area contributed by atoms with E-state index >= 15 is 0 Å². The maximum Gasteiger partial charge on any atom is 0.332 e. The number of benzene rings is 3. The molecule has 0 bridgehead atoms. The van der Waals surface area contributed by atoms with Crippen molar-refractivity contribution in [1.82, 2.24) is 15.1 Å². The van der Waals surface area contributed by atoms with Gasteiger partial charge in [-0.05, 0) is 85.9 Å². The summed E-state index contributed by atoms with van der Waals surface area (Å²) in [5.74, 6) is -0.184. The van der Waals surface area contributed by atoms with Crippen molar-refractivity contribution in [3.8, 4) is 0 Å². The Morgan fingerprint density at radius 2 is 1.67 bits per heavy atom. The van der Waals surface area contributed by atoms with Crippen molar-refractivity contribution >= 4 is 36.1 Å². The van der Waals surface area contributed by atoms with E-state index in [1.807, 2.05) is 11.0 Å². The molecule has 3 heterocycles. The first-order valence-corrected chi connectivity index (χ1v) is 18.3. The van der Waals surface area contributed by atoms with Crippen LogP contribution in [0.5, 0.6) is 0 Å². The molecule has 3 saturated heterocycles. The number of nitrogens with zero attached hydrogens (tertiary/aromatic N) is 2. The van der Waals surface area contributed by atoms with Crippen molar-refractivity contribution in [1.29, 1.82) is 0 Å². The zero-order chi connectivity index (χ0) is 32.2. The summed E-state index contributed by atoms with van der Waals surface area (Å²) in [4.78, 5) is 65.3. The molecule has 0 aromatic heterocycles. The minimum atomic E-state index is -4.32. The standard InChI is InChI=1S/C36H42N3O6P/c1-23(46(43,44)45)26-13-11-25-12-14-27(20-28(25)19-26)33(40)37-31-10-6-5-9-30-15-16-32(39(30)34(31)41)35(42)38-22-29(21-36(38)17-18-36)24-7-3-2-4-8-24/h2-4,7-8,11-14,19-20,23,29-32H,5-6,9-10,15-18,21-22H2,1H3,(H,37,40)(H2,43,44,45)/t23?,29?,30-,31-,32-/m0/s1. The Balaban J connectivity index is 1.09. The van der Waals surface area contributed by atoms with Crippen LogP contribution in [0.3, 0.4) is 0 Å². The van der Waals surface area contributed by atoms with E-state index in [4.69, 9.17) is 0 Å². The summed E-state index contributed by atoms with van der Waals surface area (Å²) in [6, 6.07) is 19.6. The number of nitrogens with one attached hydrogen (secondary N) is 1. The molecule has 3 amide bonds. The predicted octanol–water partition coefficient (Wildman–Crippen LogP) is 5.66. The lowest BCUT2D eigenvalue weighted by Gasteiger charge is -2.37. The highest BCUT2D eigenvalue weighted by atomic mass is 31.2. The normalized spacial score (nSPS) is 26.5. The van der Waals surface area contributed by atoms with Gasteiger partial charge in [0.25, 0.3) is 5.91 Å². The molecule has 4 aliphatic rings. The molecule has 7 rings (SSSR count). The smallest absolute Gasteiger partial charge is 0.332 e. The molecule has 4 fully saturated rings. The number of hydrogen-bond donors (Lipinski definition) is 3. The number of amides is 3. The van der Waals surface area contributed by atoms with E-state index < -0.39 is 25.3 Å². The Hall–Kier alpha value is -3.52. The molecule has 3 aromatic carbocycles. The molecule has 0 radical (unpaired) electrons. The third-order valence-electron chi connectivity index (χ3n) is 11.0. The van der Waals surface area contributed by atoms with Gasteiger partial charge in [0.15, 0.2) is 0 Å². The lowest BCUT2D eigenvalue weighted by Crippen LogP contribution is -2.57. The molecule has 1 saturated carbocycles. The third-order valence-corrected chi connectivity index (χ3v) is 12.3. The van der Waals surface area contributed by atoms with Gasteiger partial charge in [-0.2, -0.15) is 0 Å². The molecule has 3 aromatic rings. The second-order valence-corrected chi connectivity index (χ2v) is 15.8. The van der Waals surface area contributed by atoms with Gasteiger partial charge in [-0.25, -0.2) is 0 Å². The van der Waals surface area contributed by atoms with Crippen LogP contribution in [-0.4, -0.2) is 67.5 Å². The van der Waals surface area contributed by atoms with Crippen molar-refractivity contribution in [2.75, 3.05) is 6.54 Å². The zero-order valence-electron chi connectivity index (χ0n) is 26.2. The SMILES string of the molecule is CC(c1ccc2ccc(C(=O)N[C@H]3CCCC[C@H]4CC[C@@H](C(=O)N5CC(c6ccccc6)CC56CC6)N4C3=O)cc2c1)P(=O)(O)O. The van der Waals surface area contributed by atoms with Crippen LogP contribution < -0.4 is 5.32 Å². The fraction of sp³-hybridized carbons (Fsp3) is 0.472. The Labute approximate surface area is 269 Å². The topological polar surface area (TPSA) is 127 Å². The first kappa shape index (κ1) is 31.1. The van der Waals surface area contributed by atoms with E-state index in [1.54, 1.807) is 36.4 Å². The highest BCUT2D eigenvalue weighted by Gasteiger charge is 2.58. The summed E-state index contributed by atoms with van der Waals surface area (Å²) in [7, 11) is -4.32. The molecule has 2 unspecified atom stereocenters. The number of fused-ring (bicyclic) bond motifs is 2. The number of carbonyl (C=O) groups excluding carboxylic acids is 3. The Bertz CT molecular complexity index is 1720. The molecule has 46 heavy (non-hydrogen) atoms. The minimum Gasteiger partial charge on any atom is -0.340 e. The second kappa shape index (κ2) is 11.9. The summed E-state index contributed by atoms with van der Waals surface area (Å²) in [6.45, 7) is 2.17. The van der Waals surface area contributed by atoms with Gasteiger partial charge in [0.05, 0.1) is 5.66 Å². The van der Waals surface area contributed by atoms with E-state index in [-0.39, 0.29) is 29.3 Å². The fourth-order valence-corrected chi connectivity index (χ4v) is 8.68. The molecule has 242 valence electrons. The van der Waals surface area contributed by atoms with Gasteiger partial charge >= 0.3 is 7.60 Å². The molecule has 10 heteroatoms. The number of carbonyl (C=O) groups is 3. The van der Waals surface area contributed by atoms with Gasteiger partial charge < -0.3 is 24.9 Å². The molecule has 3 aliphatic heterocycles. The molecule has 1 aliphatic carbocycles. The molecule has 3 N–H and O–H groups in total. The molecule has 1 spiro atoms. The molecular weight excluding hydrogens is 601 g/mol. The van der Waals surface area contributed by atoms with Gasteiger partial charge in [0, 0.05) is 29.6 Å². The van der Waals surface area contributed by atoms with Crippen LogP contribution >= 0.6 is 7.60 Å². The van der Waals surface area contributed by atoms with Crippen molar-refractivity contribution < 1.29 is 28.7 Å². The van der Waals surface area contributed by atoms with Gasteiger partial charge in [-0.3, -0.25) is 18.9 Å².